The van der Waals surface area contributed by atoms with E-state index >= 15 is 0 Å². The molecule has 0 saturated carbocycles. The van der Waals surface area contributed by atoms with Crippen LogP contribution in [0.15, 0.2) is 97.1 Å². The molecule has 48 heavy (non-hydrogen) atoms. The molecule has 0 aliphatic rings. The van der Waals surface area contributed by atoms with Crippen LogP contribution in [-0.4, -0.2) is 13.3 Å². The molecule has 0 spiro atoms. The van der Waals surface area contributed by atoms with Crippen LogP contribution in [0.2, 0.25) is 0 Å². The lowest BCUT2D eigenvalue weighted by atomic mass is 10.1. The zero-order valence-corrected chi connectivity index (χ0v) is 26.3. The Labute approximate surface area is 266 Å². The first-order valence-corrected chi connectivity index (χ1v) is 17.5. The second-order valence-corrected chi connectivity index (χ2v) is 15.5. The number of halogens is 12. The van der Waals surface area contributed by atoms with E-state index in [0.717, 1.165) is 0 Å². The van der Waals surface area contributed by atoms with Crippen LogP contribution in [0.25, 0.3) is 0 Å². The van der Waals surface area contributed by atoms with Gasteiger partial charge >= 0.3 is 24.7 Å². The molecule has 2 atom stereocenters. The molecule has 4 nitrogen and oxygen atoms in total. The van der Waals surface area contributed by atoms with E-state index in [9.17, 15) is 61.8 Å². The molecule has 0 heterocycles. The number of alkyl halides is 12. The molecule has 0 unspecified atom stereocenters. The third-order valence-corrected chi connectivity index (χ3v) is 10.3. The summed E-state index contributed by atoms with van der Waals surface area (Å²) in [6.07, 6.45) is -19.8. The highest BCUT2D eigenvalue weighted by Gasteiger charge is 2.39. The van der Waals surface area contributed by atoms with Gasteiger partial charge in [0.05, 0.1) is 22.3 Å². The van der Waals surface area contributed by atoms with Crippen LogP contribution < -0.4 is 20.8 Å². The molecule has 0 bridgehead atoms. The summed E-state index contributed by atoms with van der Waals surface area (Å²) >= 11 is 0. The number of hydrogen-bond donors (Lipinski definition) is 2. The highest BCUT2D eigenvalue weighted by atomic mass is 31.2. The van der Waals surface area contributed by atoms with Crippen molar-refractivity contribution in [1.82, 2.24) is 0 Å². The van der Waals surface area contributed by atoms with E-state index in [1.54, 1.807) is 36.4 Å². The molecule has 0 fully saturated rings. The van der Waals surface area contributed by atoms with Crippen molar-refractivity contribution in [2.45, 2.75) is 24.7 Å². The monoisotopic (exact) mass is 734 g/mol. The van der Waals surface area contributed by atoms with Crippen molar-refractivity contribution < 1.29 is 61.8 Å². The van der Waals surface area contributed by atoms with Gasteiger partial charge in [-0.2, -0.15) is 52.7 Å². The Balaban J connectivity index is 0.000000260. The molecule has 0 aromatic heterocycles. The van der Waals surface area contributed by atoms with Gasteiger partial charge in [-0.15, -0.1) is 0 Å². The molecule has 18 heteroatoms. The summed E-state index contributed by atoms with van der Waals surface area (Å²) in [6, 6.07) is 17.6. The van der Waals surface area contributed by atoms with Crippen LogP contribution in [0.5, 0.6) is 0 Å². The lowest BCUT2D eigenvalue weighted by Gasteiger charge is -2.19. The summed E-state index contributed by atoms with van der Waals surface area (Å²) in [4.78, 5) is 0. The minimum absolute atomic E-state index is 0.0221. The van der Waals surface area contributed by atoms with Crippen molar-refractivity contribution in [2.75, 3.05) is 23.5 Å². The Morgan fingerprint density at radius 2 is 0.646 bits per heavy atom. The van der Waals surface area contributed by atoms with Gasteiger partial charge in [0.1, 0.15) is 0 Å². The minimum atomic E-state index is -4.96. The summed E-state index contributed by atoms with van der Waals surface area (Å²) in [5, 5.41) is 5.21. The maximum absolute atomic E-state index is 12.8. The van der Waals surface area contributed by atoms with E-state index in [-0.39, 0.29) is 22.7 Å². The smallest absolute Gasteiger partial charge is 0.333 e. The van der Waals surface area contributed by atoms with Gasteiger partial charge in [0, 0.05) is 35.3 Å². The Hall–Kier alpha value is -3.90. The minimum Gasteiger partial charge on any atom is -0.333 e. The van der Waals surface area contributed by atoms with Crippen molar-refractivity contribution in [2.24, 2.45) is 0 Å². The number of nitrogens with one attached hydrogen (secondary N) is 2. The van der Waals surface area contributed by atoms with Crippen molar-refractivity contribution in [3.63, 3.8) is 0 Å². The Morgan fingerprint density at radius 3 is 0.854 bits per heavy atom. The van der Waals surface area contributed by atoms with Crippen LogP contribution in [-0.2, 0) is 33.8 Å². The topological polar surface area (TPSA) is 58.2 Å². The summed E-state index contributed by atoms with van der Waals surface area (Å²) in [5.74, 6) is 0. The van der Waals surface area contributed by atoms with E-state index in [4.69, 9.17) is 0 Å². The van der Waals surface area contributed by atoms with E-state index in [2.05, 4.69) is 10.2 Å². The Morgan fingerprint density at radius 1 is 0.417 bits per heavy atom. The molecule has 0 aliphatic carbocycles. The van der Waals surface area contributed by atoms with Gasteiger partial charge in [-0.25, -0.2) is 0 Å². The first kappa shape index (κ1) is 38.5. The highest BCUT2D eigenvalue weighted by molar-refractivity contribution is 7.72. The standard InChI is InChI=1S/2C15H12F6NOP/c2*1-24(23,13-5-3-2-4-6-13)22-12-8-10(14(16,17)18)7-11(9-12)15(19,20)21/h2*2-9H,1H3,(H,22,23)/t2*24-/m00/s1. The number of anilines is 2. The lowest BCUT2D eigenvalue weighted by Crippen LogP contribution is -2.14. The van der Waals surface area contributed by atoms with Crippen LogP contribution in [0, 0.1) is 0 Å². The van der Waals surface area contributed by atoms with Gasteiger partial charge in [0.2, 0.25) is 0 Å². The summed E-state index contributed by atoms with van der Waals surface area (Å²) in [5.41, 5.74) is -6.87. The second-order valence-electron chi connectivity index (χ2n) is 10.3. The van der Waals surface area contributed by atoms with Gasteiger partial charge in [-0.05, 0) is 60.7 Å². The summed E-state index contributed by atoms with van der Waals surface area (Å²) < 4.78 is 179. The third-order valence-electron chi connectivity index (χ3n) is 6.36. The van der Waals surface area contributed by atoms with Crippen LogP contribution in [0.1, 0.15) is 22.3 Å². The zero-order valence-electron chi connectivity index (χ0n) is 24.5. The van der Waals surface area contributed by atoms with E-state index < -0.39 is 72.9 Å². The van der Waals surface area contributed by atoms with Crippen LogP contribution in [0.3, 0.4) is 0 Å². The molecule has 4 rings (SSSR count). The average molecular weight is 734 g/mol. The van der Waals surface area contributed by atoms with Crippen molar-refractivity contribution in [3.05, 3.63) is 119 Å². The van der Waals surface area contributed by atoms with Crippen LogP contribution >= 0.6 is 14.6 Å². The van der Waals surface area contributed by atoms with Crippen molar-refractivity contribution in [1.29, 1.82) is 0 Å². The Kier molecular flexibility index (Phi) is 11.2. The number of benzene rings is 4. The first-order valence-electron chi connectivity index (χ1n) is 13.2. The van der Waals surface area contributed by atoms with Gasteiger partial charge < -0.3 is 10.2 Å². The van der Waals surface area contributed by atoms with Crippen LogP contribution in [0.4, 0.5) is 64.1 Å². The number of hydrogen-bond acceptors (Lipinski definition) is 2. The second kappa shape index (κ2) is 13.9. The SMILES string of the molecule is C[P@@](=O)(Nc1cc(C(F)(F)F)cc(C(F)(F)F)c1)c1ccccc1.C[P@@](=O)(Nc1cc(C(F)(F)F)cc(C(F)(F)F)c1)c1ccccc1. The molecule has 4 aromatic carbocycles. The van der Waals surface area contributed by atoms with Gasteiger partial charge in [0.25, 0.3) is 0 Å². The molecular weight excluding hydrogens is 710 g/mol. The fraction of sp³-hybridized carbons (Fsp3) is 0.200. The van der Waals surface area contributed by atoms with Gasteiger partial charge in [-0.1, -0.05) is 36.4 Å². The summed E-state index contributed by atoms with van der Waals surface area (Å²) in [6.45, 7) is 2.46. The van der Waals surface area contributed by atoms with Gasteiger partial charge in [-0.3, -0.25) is 9.13 Å². The Bertz CT molecular complexity index is 1610. The molecule has 0 amide bonds. The molecule has 0 saturated heterocycles. The highest BCUT2D eigenvalue weighted by Crippen LogP contribution is 2.45. The summed E-state index contributed by atoms with van der Waals surface area (Å²) in [7, 11) is -6.79. The quantitative estimate of drug-likeness (QED) is 0.153. The fourth-order valence-electron chi connectivity index (χ4n) is 4.09. The van der Waals surface area contributed by atoms with Crippen molar-refractivity contribution >= 4 is 36.6 Å². The average Bonchev–Trinajstić information content (AvgIpc) is 2.96. The first-order chi connectivity index (χ1) is 21.8. The molecule has 0 radical (unpaired) electrons. The predicted molar refractivity (Wildman–Crippen MR) is 159 cm³/mol. The zero-order chi connectivity index (χ0) is 36.3. The largest absolute Gasteiger partial charge is 0.416 e. The fourth-order valence-corrected chi connectivity index (χ4v) is 7.07. The normalized spacial score (nSPS) is 15.0. The molecule has 260 valence electrons. The van der Waals surface area contributed by atoms with E-state index in [1.165, 1.54) is 37.6 Å². The molecule has 2 N–H and O–H groups in total. The van der Waals surface area contributed by atoms with E-state index in [0.29, 0.717) is 24.3 Å². The van der Waals surface area contributed by atoms with Gasteiger partial charge in [0.15, 0.2) is 14.6 Å². The van der Waals surface area contributed by atoms with E-state index in [1.807, 2.05) is 0 Å². The maximum atomic E-state index is 12.8. The number of rotatable bonds is 6. The third kappa shape index (κ3) is 10.6. The molecular formula is C30H24F12N2O2P2. The maximum Gasteiger partial charge on any atom is 0.416 e. The van der Waals surface area contributed by atoms with Crippen molar-refractivity contribution in [3.8, 4) is 0 Å². The lowest BCUT2D eigenvalue weighted by molar-refractivity contribution is -0.144. The predicted octanol–water partition coefficient (Wildman–Crippen LogP) is 10.7. The molecule has 4 aromatic rings. The molecule has 0 aliphatic heterocycles.